The van der Waals surface area contributed by atoms with Crippen LogP contribution in [0.25, 0.3) is 0 Å². The summed E-state index contributed by atoms with van der Waals surface area (Å²) in [6.45, 7) is 4.27. The maximum atomic E-state index is 13.7. The van der Waals surface area contributed by atoms with Gasteiger partial charge in [-0.25, -0.2) is 0 Å². The summed E-state index contributed by atoms with van der Waals surface area (Å²) in [6.07, 6.45) is -2.71. The highest BCUT2D eigenvalue weighted by Gasteiger charge is 2.38. The largest absolute Gasteiger partial charge is 0.493 e. The molecule has 0 aromatic heterocycles. The molecule has 1 aliphatic heterocycles. The molecule has 9 heteroatoms. The highest BCUT2D eigenvalue weighted by Crippen LogP contribution is 2.37. The fraction of sp³-hybridized carbons (Fsp3) is 0.500. The smallest absolute Gasteiger partial charge is 0.419 e. The number of alkyl halides is 3. The second-order valence-electron chi connectivity index (χ2n) is 8.83. The molecule has 2 N–H and O–H groups in total. The Balaban J connectivity index is 1.60. The topological polar surface area (TPSA) is 53.7 Å². The first-order chi connectivity index (χ1) is 15.4. The van der Waals surface area contributed by atoms with Gasteiger partial charge in [-0.15, -0.1) is 0 Å². The molecule has 1 fully saturated rings. The van der Waals surface area contributed by atoms with Crippen molar-refractivity contribution < 1.29 is 27.4 Å². The van der Waals surface area contributed by atoms with E-state index < -0.39 is 23.1 Å². The zero-order valence-electron chi connectivity index (χ0n) is 18.6. The predicted molar refractivity (Wildman–Crippen MR) is 123 cm³/mol. The van der Waals surface area contributed by atoms with E-state index in [-0.39, 0.29) is 25.6 Å². The van der Waals surface area contributed by atoms with E-state index in [9.17, 15) is 13.2 Å². The minimum atomic E-state index is -4.54. The minimum Gasteiger partial charge on any atom is -0.493 e. The van der Waals surface area contributed by atoms with Crippen LogP contribution >= 0.6 is 23.2 Å². The molecule has 0 aliphatic carbocycles. The van der Waals surface area contributed by atoms with Crippen molar-refractivity contribution in [2.45, 2.75) is 57.0 Å². The van der Waals surface area contributed by atoms with Crippen molar-refractivity contribution in [3.05, 3.63) is 63.1 Å². The van der Waals surface area contributed by atoms with Crippen LogP contribution in [0.4, 0.5) is 13.2 Å². The first-order valence-corrected chi connectivity index (χ1v) is 11.5. The van der Waals surface area contributed by atoms with Crippen LogP contribution < -0.4 is 10.5 Å². The van der Waals surface area contributed by atoms with Gasteiger partial charge in [-0.1, -0.05) is 41.4 Å². The molecule has 0 bridgehead atoms. The molecule has 2 aromatic carbocycles. The SMILES string of the molecule is CC1(C)OCC(N)(CCc2ccc(OCCCc3cccc(Cl)c3Cl)c(C(F)(F)F)c2)CO1. The molecule has 4 nitrogen and oxygen atoms in total. The van der Waals surface area contributed by atoms with Crippen LogP contribution in [0.15, 0.2) is 36.4 Å². The summed E-state index contributed by atoms with van der Waals surface area (Å²) in [5, 5.41) is 0.897. The van der Waals surface area contributed by atoms with Crippen molar-refractivity contribution in [1.82, 2.24) is 0 Å². The molecule has 182 valence electrons. The summed E-state index contributed by atoms with van der Waals surface area (Å²) in [5.74, 6) is -0.902. The molecule has 0 saturated carbocycles. The summed E-state index contributed by atoms with van der Waals surface area (Å²) in [7, 11) is 0. The summed E-state index contributed by atoms with van der Waals surface area (Å²) >= 11 is 12.1. The number of aryl methyl sites for hydroxylation is 2. The van der Waals surface area contributed by atoms with Crippen LogP contribution in [0.5, 0.6) is 5.75 Å². The minimum absolute atomic E-state index is 0.113. The van der Waals surface area contributed by atoms with Crippen LogP contribution in [0, 0.1) is 0 Å². The van der Waals surface area contributed by atoms with E-state index in [0.29, 0.717) is 41.3 Å². The van der Waals surface area contributed by atoms with E-state index in [1.807, 2.05) is 6.07 Å². The van der Waals surface area contributed by atoms with E-state index in [4.69, 9.17) is 43.1 Å². The van der Waals surface area contributed by atoms with Crippen LogP contribution in [0.2, 0.25) is 10.0 Å². The number of rotatable bonds is 8. The van der Waals surface area contributed by atoms with Gasteiger partial charge in [0.2, 0.25) is 0 Å². The first-order valence-electron chi connectivity index (χ1n) is 10.7. The van der Waals surface area contributed by atoms with Gasteiger partial charge in [-0.3, -0.25) is 0 Å². The summed E-state index contributed by atoms with van der Waals surface area (Å²) in [4.78, 5) is 0. The van der Waals surface area contributed by atoms with E-state index in [0.717, 1.165) is 11.6 Å². The van der Waals surface area contributed by atoms with Crippen LogP contribution in [0.3, 0.4) is 0 Å². The van der Waals surface area contributed by atoms with Crippen molar-refractivity contribution in [3.8, 4) is 5.75 Å². The van der Waals surface area contributed by atoms with Crippen molar-refractivity contribution in [3.63, 3.8) is 0 Å². The second-order valence-corrected chi connectivity index (χ2v) is 9.62. The van der Waals surface area contributed by atoms with E-state index in [2.05, 4.69) is 0 Å². The Morgan fingerprint density at radius 2 is 1.76 bits per heavy atom. The molecule has 0 radical (unpaired) electrons. The molecule has 1 saturated heterocycles. The maximum Gasteiger partial charge on any atom is 0.419 e. The maximum absolute atomic E-state index is 13.7. The van der Waals surface area contributed by atoms with E-state index in [1.54, 1.807) is 32.0 Å². The Hall–Kier alpha value is -1.51. The van der Waals surface area contributed by atoms with Crippen molar-refractivity contribution >= 4 is 23.2 Å². The fourth-order valence-electron chi connectivity index (χ4n) is 3.52. The molecule has 0 amide bonds. The van der Waals surface area contributed by atoms with Gasteiger partial charge in [0.15, 0.2) is 5.79 Å². The highest BCUT2D eigenvalue weighted by molar-refractivity contribution is 6.42. The summed E-state index contributed by atoms with van der Waals surface area (Å²) in [5.41, 5.74) is 6.12. The lowest BCUT2D eigenvalue weighted by Gasteiger charge is -2.41. The monoisotopic (exact) mass is 505 g/mol. The summed E-state index contributed by atoms with van der Waals surface area (Å²) < 4.78 is 57.7. The van der Waals surface area contributed by atoms with Crippen molar-refractivity contribution in [2.24, 2.45) is 5.73 Å². The van der Waals surface area contributed by atoms with Gasteiger partial charge in [0.25, 0.3) is 0 Å². The Morgan fingerprint density at radius 1 is 1.06 bits per heavy atom. The van der Waals surface area contributed by atoms with Crippen molar-refractivity contribution in [2.75, 3.05) is 19.8 Å². The molecule has 1 aliphatic rings. The molecule has 3 rings (SSSR count). The highest BCUT2D eigenvalue weighted by atomic mass is 35.5. The predicted octanol–water partition coefficient (Wildman–Crippen LogP) is 6.44. The van der Waals surface area contributed by atoms with Crippen LogP contribution in [-0.4, -0.2) is 31.1 Å². The average molecular weight is 506 g/mol. The third kappa shape index (κ3) is 7.23. The third-order valence-corrected chi connectivity index (χ3v) is 6.41. The molecular weight excluding hydrogens is 478 g/mol. The first kappa shape index (κ1) is 26.1. The van der Waals surface area contributed by atoms with Gasteiger partial charge in [0, 0.05) is 0 Å². The number of halogens is 5. The molecule has 1 heterocycles. The fourth-order valence-corrected chi connectivity index (χ4v) is 3.94. The Kier molecular flexibility index (Phi) is 8.23. The second kappa shape index (κ2) is 10.4. The molecule has 0 unspecified atom stereocenters. The number of hydrogen-bond acceptors (Lipinski definition) is 4. The van der Waals surface area contributed by atoms with Gasteiger partial charge < -0.3 is 19.9 Å². The molecule has 2 aromatic rings. The number of nitrogens with two attached hydrogens (primary N) is 1. The average Bonchev–Trinajstić information content (AvgIpc) is 2.75. The number of benzene rings is 2. The lowest BCUT2D eigenvalue weighted by molar-refractivity contribution is -0.267. The van der Waals surface area contributed by atoms with Gasteiger partial charge in [0.1, 0.15) is 5.75 Å². The third-order valence-electron chi connectivity index (χ3n) is 5.55. The lowest BCUT2D eigenvalue weighted by Crippen LogP contribution is -2.57. The van der Waals surface area contributed by atoms with Crippen LogP contribution in [-0.2, 0) is 28.5 Å². The molecular formula is C24H28Cl2F3NO3. The lowest BCUT2D eigenvalue weighted by atomic mass is 9.92. The Labute approximate surface area is 202 Å². The molecule has 0 atom stereocenters. The number of ether oxygens (including phenoxy) is 3. The van der Waals surface area contributed by atoms with Gasteiger partial charge in [-0.2, -0.15) is 13.2 Å². The number of hydrogen-bond donors (Lipinski definition) is 1. The quantitative estimate of drug-likeness (QED) is 0.419. The van der Waals surface area contributed by atoms with E-state index >= 15 is 0 Å². The summed E-state index contributed by atoms with van der Waals surface area (Å²) in [6, 6.07) is 9.42. The normalized spacial score (nSPS) is 17.7. The van der Waals surface area contributed by atoms with Crippen molar-refractivity contribution in [1.29, 1.82) is 0 Å². The van der Waals surface area contributed by atoms with E-state index in [1.165, 1.54) is 6.07 Å². The molecule has 0 spiro atoms. The van der Waals surface area contributed by atoms with Crippen LogP contribution in [0.1, 0.15) is 43.4 Å². The Morgan fingerprint density at radius 3 is 2.42 bits per heavy atom. The standard InChI is InChI=1S/C24H28Cl2F3NO3/c1-22(2)32-14-23(30,15-33-22)11-10-16-8-9-20(18(13-16)24(27,28)29)31-12-4-6-17-5-3-7-19(25)21(17)26/h3,5,7-9,13H,4,6,10-12,14-15,30H2,1-2H3. The molecule has 33 heavy (non-hydrogen) atoms. The Bertz CT molecular complexity index is 956. The zero-order chi connectivity index (χ0) is 24.3. The van der Waals surface area contributed by atoms with Gasteiger partial charge in [0.05, 0.1) is 41.0 Å². The zero-order valence-corrected chi connectivity index (χ0v) is 20.1. The van der Waals surface area contributed by atoms with Gasteiger partial charge in [-0.05, 0) is 68.9 Å². The van der Waals surface area contributed by atoms with Gasteiger partial charge >= 0.3 is 6.18 Å².